The fourth-order valence-corrected chi connectivity index (χ4v) is 2.23. The van der Waals surface area contributed by atoms with Gasteiger partial charge in [0.1, 0.15) is 0 Å². The molecule has 0 atom stereocenters. The van der Waals surface area contributed by atoms with E-state index in [1.165, 1.54) is 0 Å². The lowest BCUT2D eigenvalue weighted by Crippen LogP contribution is -2.39. The van der Waals surface area contributed by atoms with Crippen LogP contribution in [0.2, 0.25) is 0 Å². The van der Waals surface area contributed by atoms with E-state index in [0.717, 1.165) is 64.5 Å². The quantitative estimate of drug-likeness (QED) is 0.380. The lowest BCUT2D eigenvalue weighted by Gasteiger charge is -2.26. The van der Waals surface area contributed by atoms with Crippen molar-refractivity contribution >= 4 is 17.7 Å². The maximum absolute atomic E-state index is 5.77. The van der Waals surface area contributed by atoms with E-state index < -0.39 is 0 Å². The zero-order valence-corrected chi connectivity index (χ0v) is 12.2. The summed E-state index contributed by atoms with van der Waals surface area (Å²) in [5.41, 5.74) is 5.77. The topological polar surface area (TPSA) is 62.9 Å². The minimum absolute atomic E-state index is 0.582. The van der Waals surface area contributed by atoms with Crippen LogP contribution in [0.1, 0.15) is 12.8 Å². The highest BCUT2D eigenvalue weighted by Crippen LogP contribution is 1.97. The van der Waals surface area contributed by atoms with Gasteiger partial charge in [-0.25, -0.2) is 0 Å². The van der Waals surface area contributed by atoms with Crippen molar-refractivity contribution in [1.82, 2.24) is 10.2 Å². The zero-order valence-electron chi connectivity index (χ0n) is 11.4. The standard InChI is InChI=1S/C12H26N4OS/c1-18-11-3-5-15-12(13)14-4-2-6-16-7-9-17-10-8-16/h2-11H2,1H3,(H3,13,14,15). The Morgan fingerprint density at radius 3 is 2.89 bits per heavy atom. The first-order valence-corrected chi connectivity index (χ1v) is 8.05. The second-order valence-corrected chi connectivity index (χ2v) is 5.33. The Kier molecular flexibility index (Phi) is 9.06. The molecule has 0 radical (unpaired) electrons. The van der Waals surface area contributed by atoms with Crippen LogP contribution < -0.4 is 11.1 Å². The van der Waals surface area contributed by atoms with Crippen LogP contribution >= 0.6 is 11.8 Å². The third-order valence-electron chi connectivity index (χ3n) is 2.85. The van der Waals surface area contributed by atoms with Crippen LogP contribution in [-0.4, -0.2) is 68.8 Å². The molecule has 1 rings (SSSR count). The third-order valence-corrected chi connectivity index (χ3v) is 3.55. The van der Waals surface area contributed by atoms with Crippen LogP contribution in [0.4, 0.5) is 0 Å². The summed E-state index contributed by atoms with van der Waals surface area (Å²) in [6, 6.07) is 0. The minimum atomic E-state index is 0.582. The molecule has 5 nitrogen and oxygen atoms in total. The predicted octanol–water partition coefficient (Wildman–Crippen LogP) is 0.366. The number of guanidine groups is 1. The Bertz CT molecular complexity index is 232. The highest BCUT2D eigenvalue weighted by Gasteiger charge is 2.08. The van der Waals surface area contributed by atoms with Crippen molar-refractivity contribution in [3.8, 4) is 0 Å². The van der Waals surface area contributed by atoms with Crippen LogP contribution in [0.25, 0.3) is 0 Å². The molecule has 0 spiro atoms. The summed E-state index contributed by atoms with van der Waals surface area (Å²) in [6.07, 6.45) is 4.30. The summed E-state index contributed by atoms with van der Waals surface area (Å²) in [6.45, 7) is 6.67. The molecular formula is C12H26N4OS. The first-order chi connectivity index (χ1) is 8.83. The molecule has 0 aromatic heterocycles. The maximum atomic E-state index is 5.77. The van der Waals surface area contributed by atoms with E-state index in [0.29, 0.717) is 5.96 Å². The average Bonchev–Trinajstić information content (AvgIpc) is 2.41. The van der Waals surface area contributed by atoms with Gasteiger partial charge in [-0.05, 0) is 31.4 Å². The van der Waals surface area contributed by atoms with E-state index >= 15 is 0 Å². The number of aliphatic imine (C=N–C) groups is 1. The molecule has 18 heavy (non-hydrogen) atoms. The molecule has 6 heteroatoms. The van der Waals surface area contributed by atoms with Gasteiger partial charge >= 0.3 is 0 Å². The van der Waals surface area contributed by atoms with E-state index in [9.17, 15) is 0 Å². The molecule has 1 heterocycles. The van der Waals surface area contributed by atoms with Crippen LogP contribution in [0.15, 0.2) is 4.99 Å². The molecule has 1 saturated heterocycles. The van der Waals surface area contributed by atoms with E-state index in [1.807, 2.05) is 11.8 Å². The summed E-state index contributed by atoms with van der Waals surface area (Å²) in [7, 11) is 0. The van der Waals surface area contributed by atoms with Crippen molar-refractivity contribution in [2.45, 2.75) is 12.8 Å². The van der Waals surface area contributed by atoms with Gasteiger partial charge in [-0.1, -0.05) is 0 Å². The third kappa shape index (κ3) is 7.79. The number of morpholine rings is 1. The van der Waals surface area contributed by atoms with Crippen molar-refractivity contribution in [2.75, 3.05) is 57.9 Å². The summed E-state index contributed by atoms with van der Waals surface area (Å²) in [4.78, 5) is 6.71. The Morgan fingerprint density at radius 1 is 1.39 bits per heavy atom. The van der Waals surface area contributed by atoms with Crippen molar-refractivity contribution in [1.29, 1.82) is 0 Å². The number of rotatable bonds is 8. The fraction of sp³-hybridized carbons (Fsp3) is 0.917. The van der Waals surface area contributed by atoms with Crippen LogP contribution in [0.5, 0.6) is 0 Å². The molecule has 0 saturated carbocycles. The van der Waals surface area contributed by atoms with E-state index in [2.05, 4.69) is 21.5 Å². The molecule has 3 N–H and O–H groups in total. The van der Waals surface area contributed by atoms with E-state index in [-0.39, 0.29) is 0 Å². The minimum Gasteiger partial charge on any atom is -0.379 e. The maximum Gasteiger partial charge on any atom is 0.188 e. The van der Waals surface area contributed by atoms with Crippen molar-refractivity contribution in [2.24, 2.45) is 10.7 Å². The van der Waals surface area contributed by atoms with Gasteiger partial charge < -0.3 is 15.8 Å². The lowest BCUT2D eigenvalue weighted by molar-refractivity contribution is 0.0376. The zero-order chi connectivity index (χ0) is 13.1. The van der Waals surface area contributed by atoms with Gasteiger partial charge in [0.2, 0.25) is 0 Å². The van der Waals surface area contributed by atoms with Crippen LogP contribution in [0.3, 0.4) is 0 Å². The van der Waals surface area contributed by atoms with Gasteiger partial charge in [0.05, 0.1) is 13.2 Å². The predicted molar refractivity (Wildman–Crippen MR) is 79.4 cm³/mol. The fourth-order valence-electron chi connectivity index (χ4n) is 1.81. The number of thioether (sulfide) groups is 1. The molecule has 0 aromatic rings. The molecule has 106 valence electrons. The Balaban J connectivity index is 1.95. The van der Waals surface area contributed by atoms with Gasteiger partial charge in [0.25, 0.3) is 0 Å². The van der Waals surface area contributed by atoms with Gasteiger partial charge in [-0.3, -0.25) is 9.89 Å². The van der Waals surface area contributed by atoms with Crippen molar-refractivity contribution < 1.29 is 4.74 Å². The molecule has 0 bridgehead atoms. The first kappa shape index (κ1) is 15.6. The summed E-state index contributed by atoms with van der Waals surface area (Å²) >= 11 is 1.84. The molecule has 0 aromatic carbocycles. The lowest BCUT2D eigenvalue weighted by atomic mass is 10.3. The number of nitrogens with zero attached hydrogens (tertiary/aromatic N) is 2. The Hall–Kier alpha value is -0.460. The number of nitrogens with two attached hydrogens (primary N) is 1. The number of hydrogen-bond donors (Lipinski definition) is 2. The molecule has 1 fully saturated rings. The summed E-state index contributed by atoms with van der Waals surface area (Å²) in [5, 5.41) is 3.16. The summed E-state index contributed by atoms with van der Waals surface area (Å²) < 4.78 is 5.31. The number of ether oxygens (including phenoxy) is 1. The van der Waals surface area contributed by atoms with Gasteiger partial charge in [-0.2, -0.15) is 11.8 Å². The Morgan fingerprint density at radius 2 is 2.17 bits per heavy atom. The normalized spacial score (nSPS) is 17.9. The van der Waals surface area contributed by atoms with Crippen molar-refractivity contribution in [3.63, 3.8) is 0 Å². The molecule has 0 aliphatic carbocycles. The van der Waals surface area contributed by atoms with E-state index in [1.54, 1.807) is 0 Å². The summed E-state index contributed by atoms with van der Waals surface area (Å²) in [5.74, 6) is 1.73. The van der Waals surface area contributed by atoms with Crippen LogP contribution in [-0.2, 0) is 4.74 Å². The SMILES string of the molecule is CSCCCN=C(N)NCCCN1CCOCC1. The van der Waals surface area contributed by atoms with Crippen molar-refractivity contribution in [3.05, 3.63) is 0 Å². The number of hydrogen-bond acceptors (Lipinski definition) is 4. The monoisotopic (exact) mass is 274 g/mol. The largest absolute Gasteiger partial charge is 0.379 e. The number of nitrogens with one attached hydrogen (secondary N) is 1. The van der Waals surface area contributed by atoms with Gasteiger partial charge in [0, 0.05) is 26.2 Å². The highest BCUT2D eigenvalue weighted by molar-refractivity contribution is 7.98. The average molecular weight is 274 g/mol. The molecule has 1 aliphatic heterocycles. The molecule has 1 aliphatic rings. The van der Waals surface area contributed by atoms with Gasteiger partial charge in [-0.15, -0.1) is 0 Å². The second-order valence-electron chi connectivity index (χ2n) is 4.35. The highest BCUT2D eigenvalue weighted by atomic mass is 32.2. The Labute approximate surface area is 115 Å². The molecule has 0 unspecified atom stereocenters. The van der Waals surface area contributed by atoms with Crippen LogP contribution in [0, 0.1) is 0 Å². The van der Waals surface area contributed by atoms with Gasteiger partial charge in [0.15, 0.2) is 5.96 Å². The second kappa shape index (κ2) is 10.5. The molecule has 0 amide bonds. The smallest absolute Gasteiger partial charge is 0.188 e. The van der Waals surface area contributed by atoms with E-state index in [4.69, 9.17) is 10.5 Å². The first-order valence-electron chi connectivity index (χ1n) is 6.66. The molecular weight excluding hydrogens is 248 g/mol.